The summed E-state index contributed by atoms with van der Waals surface area (Å²) in [6.45, 7) is 2.77. The zero-order valence-electron chi connectivity index (χ0n) is 8.63. The number of benzene rings is 1. The van der Waals surface area contributed by atoms with Gasteiger partial charge in [0.25, 0.3) is 0 Å². The van der Waals surface area contributed by atoms with Crippen LogP contribution in [-0.4, -0.2) is 4.98 Å². The number of halogens is 2. The summed E-state index contributed by atoms with van der Waals surface area (Å²) >= 11 is 11.1. The number of aromatic nitrogens is 1. The first kappa shape index (κ1) is 11.9. The topological polar surface area (TPSA) is 24.9 Å². The molecule has 0 saturated carbocycles. The lowest BCUT2D eigenvalue weighted by atomic mass is 10.3. The summed E-state index contributed by atoms with van der Waals surface area (Å²) in [5, 5.41) is 5.14. The SMILES string of the molecule is Cc1ncc(CNc2cc(Cl)ccc2Br)s1. The van der Waals surface area contributed by atoms with Crippen molar-refractivity contribution in [3.63, 3.8) is 0 Å². The van der Waals surface area contributed by atoms with Gasteiger partial charge in [-0.1, -0.05) is 11.6 Å². The third-order valence-electron chi connectivity index (χ3n) is 2.05. The molecule has 1 heterocycles. The molecular weight excluding hydrogens is 308 g/mol. The van der Waals surface area contributed by atoms with Gasteiger partial charge in [0.2, 0.25) is 0 Å². The van der Waals surface area contributed by atoms with Crippen LogP contribution in [0.3, 0.4) is 0 Å². The number of nitrogens with zero attached hydrogens (tertiary/aromatic N) is 1. The molecular formula is C11H10BrClN2S. The van der Waals surface area contributed by atoms with E-state index in [0.717, 1.165) is 26.7 Å². The number of thiazole rings is 1. The molecule has 0 atom stereocenters. The molecule has 0 fully saturated rings. The van der Waals surface area contributed by atoms with Crippen molar-refractivity contribution >= 4 is 44.6 Å². The Bertz CT molecular complexity index is 498. The van der Waals surface area contributed by atoms with Crippen molar-refractivity contribution in [3.05, 3.63) is 43.8 Å². The zero-order valence-corrected chi connectivity index (χ0v) is 11.8. The molecule has 1 aromatic carbocycles. The van der Waals surface area contributed by atoms with Gasteiger partial charge in [0, 0.05) is 20.6 Å². The van der Waals surface area contributed by atoms with Gasteiger partial charge in [-0.3, -0.25) is 0 Å². The third-order valence-corrected chi connectivity index (χ3v) is 3.89. The van der Waals surface area contributed by atoms with Crippen molar-refractivity contribution in [2.45, 2.75) is 13.5 Å². The first-order valence-corrected chi connectivity index (χ1v) is 6.74. The minimum absolute atomic E-state index is 0.728. The third kappa shape index (κ3) is 2.97. The van der Waals surface area contributed by atoms with E-state index in [1.54, 1.807) is 11.3 Å². The number of hydrogen-bond acceptors (Lipinski definition) is 3. The Kier molecular flexibility index (Phi) is 3.84. The molecule has 0 aliphatic heterocycles. The summed E-state index contributed by atoms with van der Waals surface area (Å²) in [5.74, 6) is 0. The van der Waals surface area contributed by atoms with E-state index in [9.17, 15) is 0 Å². The Balaban J connectivity index is 2.07. The molecule has 0 aliphatic carbocycles. The van der Waals surface area contributed by atoms with Gasteiger partial charge in [-0.2, -0.15) is 0 Å². The highest BCUT2D eigenvalue weighted by Crippen LogP contribution is 2.26. The summed E-state index contributed by atoms with van der Waals surface area (Å²) in [6.07, 6.45) is 1.89. The van der Waals surface area contributed by atoms with E-state index in [1.807, 2.05) is 31.3 Å². The first-order valence-electron chi connectivity index (χ1n) is 4.75. The van der Waals surface area contributed by atoms with Crippen LogP contribution < -0.4 is 5.32 Å². The maximum Gasteiger partial charge on any atom is 0.0897 e. The molecule has 0 saturated heterocycles. The van der Waals surface area contributed by atoms with Crippen LogP contribution in [0.15, 0.2) is 28.9 Å². The van der Waals surface area contributed by atoms with Gasteiger partial charge in [-0.25, -0.2) is 4.98 Å². The standard InChI is InChI=1S/C11H10BrClN2S/c1-7-14-5-9(16-7)6-15-11-4-8(13)2-3-10(11)12/h2-5,15H,6H2,1H3. The van der Waals surface area contributed by atoms with E-state index in [2.05, 4.69) is 26.2 Å². The van der Waals surface area contributed by atoms with Crippen molar-refractivity contribution in [1.82, 2.24) is 4.98 Å². The smallest absolute Gasteiger partial charge is 0.0897 e. The monoisotopic (exact) mass is 316 g/mol. The maximum absolute atomic E-state index is 5.93. The minimum atomic E-state index is 0.728. The van der Waals surface area contributed by atoms with Crippen LogP contribution in [0, 0.1) is 6.92 Å². The molecule has 1 N–H and O–H groups in total. The highest BCUT2D eigenvalue weighted by Gasteiger charge is 2.02. The van der Waals surface area contributed by atoms with Crippen LogP contribution in [-0.2, 0) is 6.54 Å². The average molecular weight is 318 g/mol. The van der Waals surface area contributed by atoms with Crippen molar-refractivity contribution in [3.8, 4) is 0 Å². The Morgan fingerprint density at radius 1 is 1.50 bits per heavy atom. The van der Waals surface area contributed by atoms with Gasteiger partial charge < -0.3 is 5.32 Å². The van der Waals surface area contributed by atoms with Crippen LogP contribution >= 0.6 is 38.9 Å². The van der Waals surface area contributed by atoms with E-state index in [1.165, 1.54) is 4.88 Å². The highest BCUT2D eigenvalue weighted by atomic mass is 79.9. The molecule has 2 aromatic rings. The summed E-state index contributed by atoms with van der Waals surface area (Å²) in [5.41, 5.74) is 0.999. The summed E-state index contributed by atoms with van der Waals surface area (Å²) in [7, 11) is 0. The molecule has 0 aliphatic rings. The van der Waals surface area contributed by atoms with Crippen molar-refractivity contribution in [2.75, 3.05) is 5.32 Å². The van der Waals surface area contributed by atoms with Crippen molar-refractivity contribution in [2.24, 2.45) is 0 Å². The molecule has 16 heavy (non-hydrogen) atoms. The predicted octanol–water partition coefficient (Wildman–Crippen LogP) is 4.48. The Morgan fingerprint density at radius 3 is 3.00 bits per heavy atom. The molecule has 2 nitrogen and oxygen atoms in total. The normalized spacial score (nSPS) is 10.4. The van der Waals surface area contributed by atoms with Gasteiger partial charge in [0.05, 0.1) is 17.2 Å². The van der Waals surface area contributed by atoms with Crippen LogP contribution in [0.25, 0.3) is 0 Å². The van der Waals surface area contributed by atoms with Gasteiger partial charge in [-0.15, -0.1) is 11.3 Å². The summed E-state index contributed by atoms with van der Waals surface area (Å²) in [4.78, 5) is 5.42. The molecule has 5 heteroatoms. The van der Waals surface area contributed by atoms with Gasteiger partial charge in [-0.05, 0) is 41.1 Å². The van der Waals surface area contributed by atoms with Crippen LogP contribution in [0.1, 0.15) is 9.88 Å². The first-order chi connectivity index (χ1) is 7.65. The number of anilines is 1. The average Bonchev–Trinajstić information content (AvgIpc) is 2.66. The fourth-order valence-electron chi connectivity index (χ4n) is 1.30. The molecule has 2 rings (SSSR count). The second-order valence-electron chi connectivity index (χ2n) is 3.32. The molecule has 1 aromatic heterocycles. The molecule has 0 spiro atoms. The fraction of sp³-hybridized carbons (Fsp3) is 0.182. The van der Waals surface area contributed by atoms with Gasteiger partial charge in [0.15, 0.2) is 0 Å². The summed E-state index contributed by atoms with van der Waals surface area (Å²) in [6, 6.07) is 5.69. The predicted molar refractivity (Wildman–Crippen MR) is 73.3 cm³/mol. The molecule has 0 radical (unpaired) electrons. The van der Waals surface area contributed by atoms with Gasteiger partial charge in [0.1, 0.15) is 0 Å². The molecule has 0 amide bonds. The molecule has 84 valence electrons. The minimum Gasteiger partial charge on any atom is -0.379 e. The second kappa shape index (κ2) is 5.17. The molecule has 0 unspecified atom stereocenters. The van der Waals surface area contributed by atoms with E-state index in [-0.39, 0.29) is 0 Å². The largest absolute Gasteiger partial charge is 0.379 e. The van der Waals surface area contributed by atoms with E-state index in [0.29, 0.717) is 0 Å². The maximum atomic E-state index is 5.93. The second-order valence-corrected chi connectivity index (χ2v) is 5.93. The number of hydrogen-bond donors (Lipinski definition) is 1. The number of aryl methyl sites for hydroxylation is 1. The van der Waals surface area contributed by atoms with Gasteiger partial charge >= 0.3 is 0 Å². The van der Waals surface area contributed by atoms with E-state index < -0.39 is 0 Å². The fourth-order valence-corrected chi connectivity index (χ4v) is 2.60. The van der Waals surface area contributed by atoms with Crippen LogP contribution in [0.4, 0.5) is 5.69 Å². The number of nitrogens with one attached hydrogen (secondary N) is 1. The lowest BCUT2D eigenvalue weighted by Crippen LogP contribution is -1.97. The van der Waals surface area contributed by atoms with Crippen LogP contribution in [0.2, 0.25) is 5.02 Å². The highest BCUT2D eigenvalue weighted by molar-refractivity contribution is 9.10. The van der Waals surface area contributed by atoms with E-state index >= 15 is 0 Å². The Morgan fingerprint density at radius 2 is 2.31 bits per heavy atom. The Labute approximate surface area is 112 Å². The lowest BCUT2D eigenvalue weighted by Gasteiger charge is -2.07. The van der Waals surface area contributed by atoms with Crippen molar-refractivity contribution in [1.29, 1.82) is 0 Å². The number of rotatable bonds is 3. The Hall–Kier alpha value is -0.580. The quantitative estimate of drug-likeness (QED) is 0.903. The van der Waals surface area contributed by atoms with Crippen molar-refractivity contribution < 1.29 is 0 Å². The van der Waals surface area contributed by atoms with Crippen LogP contribution in [0.5, 0.6) is 0 Å². The van der Waals surface area contributed by atoms with E-state index in [4.69, 9.17) is 11.6 Å². The zero-order chi connectivity index (χ0) is 11.5. The molecule has 0 bridgehead atoms. The summed E-state index contributed by atoms with van der Waals surface area (Å²) < 4.78 is 1.01. The lowest BCUT2D eigenvalue weighted by molar-refractivity contribution is 1.16.